The molecular weight excluding hydrogens is 471 g/mol. The van der Waals surface area contributed by atoms with E-state index in [0.717, 1.165) is 5.39 Å². The molecule has 0 bridgehead atoms. The fourth-order valence-electron chi connectivity index (χ4n) is 5.06. The lowest BCUT2D eigenvalue weighted by atomic mass is 9.88. The molecule has 1 aliphatic heterocycles. The van der Waals surface area contributed by atoms with Gasteiger partial charge in [0.1, 0.15) is 11.6 Å². The van der Waals surface area contributed by atoms with Gasteiger partial charge in [-0.3, -0.25) is 9.78 Å². The number of nitrogens with one attached hydrogen (secondary N) is 1. The van der Waals surface area contributed by atoms with E-state index in [9.17, 15) is 23.1 Å². The molecule has 10 heteroatoms. The van der Waals surface area contributed by atoms with Crippen LogP contribution in [0.3, 0.4) is 0 Å². The molecule has 2 aromatic rings. The SMILES string of the molecule is CC(=O)N1CCN(c2cc3c(N[C@H](C)C4=CC(C)CC(C(F)F)=C4F)ccnc3c(C)n2)[C@@H](CO)C1. The highest BCUT2D eigenvalue weighted by Crippen LogP contribution is 2.36. The molecule has 3 atom stereocenters. The van der Waals surface area contributed by atoms with Crippen LogP contribution in [0.5, 0.6) is 0 Å². The molecule has 1 unspecified atom stereocenters. The smallest absolute Gasteiger partial charge is 0.263 e. The lowest BCUT2D eigenvalue weighted by Gasteiger charge is -2.41. The Labute approximate surface area is 208 Å². The Kier molecular flexibility index (Phi) is 7.54. The quantitative estimate of drug-likeness (QED) is 0.614. The number of pyridine rings is 2. The summed E-state index contributed by atoms with van der Waals surface area (Å²) in [5, 5.41) is 14.0. The molecule has 36 heavy (non-hydrogen) atoms. The maximum atomic E-state index is 15.0. The average molecular weight is 504 g/mol. The number of aromatic nitrogens is 2. The summed E-state index contributed by atoms with van der Waals surface area (Å²) in [4.78, 5) is 24.7. The van der Waals surface area contributed by atoms with Gasteiger partial charge < -0.3 is 20.2 Å². The molecule has 1 aliphatic carbocycles. The molecule has 1 saturated heterocycles. The van der Waals surface area contributed by atoms with E-state index in [1.165, 1.54) is 6.92 Å². The van der Waals surface area contributed by atoms with Crippen LogP contribution in [0.2, 0.25) is 0 Å². The first-order valence-corrected chi connectivity index (χ1v) is 12.1. The van der Waals surface area contributed by atoms with Crippen molar-refractivity contribution >= 4 is 28.3 Å². The number of carbonyl (C=O) groups excluding carboxylic acids is 1. The van der Waals surface area contributed by atoms with Crippen molar-refractivity contribution in [1.82, 2.24) is 14.9 Å². The number of anilines is 2. The number of halogens is 3. The minimum Gasteiger partial charge on any atom is -0.394 e. The van der Waals surface area contributed by atoms with Crippen molar-refractivity contribution in [3.8, 4) is 0 Å². The molecule has 194 valence electrons. The van der Waals surface area contributed by atoms with Gasteiger partial charge in [-0.05, 0) is 38.3 Å². The predicted molar refractivity (Wildman–Crippen MR) is 134 cm³/mol. The van der Waals surface area contributed by atoms with Gasteiger partial charge in [-0.25, -0.2) is 18.2 Å². The van der Waals surface area contributed by atoms with Crippen LogP contribution < -0.4 is 10.2 Å². The number of piperazine rings is 1. The lowest BCUT2D eigenvalue weighted by molar-refractivity contribution is -0.129. The van der Waals surface area contributed by atoms with E-state index in [0.29, 0.717) is 42.4 Å². The first-order chi connectivity index (χ1) is 17.1. The number of amides is 1. The molecule has 0 radical (unpaired) electrons. The zero-order chi connectivity index (χ0) is 26.1. The minimum atomic E-state index is -2.83. The predicted octanol–water partition coefficient (Wildman–Crippen LogP) is 4.22. The van der Waals surface area contributed by atoms with Gasteiger partial charge >= 0.3 is 0 Å². The second kappa shape index (κ2) is 10.5. The molecule has 2 aromatic heterocycles. The fourth-order valence-corrected chi connectivity index (χ4v) is 5.06. The summed E-state index contributed by atoms with van der Waals surface area (Å²) in [5.74, 6) is -0.427. The van der Waals surface area contributed by atoms with E-state index < -0.39 is 23.9 Å². The molecule has 1 fully saturated rings. The maximum absolute atomic E-state index is 15.0. The van der Waals surface area contributed by atoms with Crippen LogP contribution in [0.15, 0.2) is 41.4 Å². The number of nitrogens with zero attached hydrogens (tertiary/aromatic N) is 4. The first kappa shape index (κ1) is 25.9. The van der Waals surface area contributed by atoms with Crippen LogP contribution >= 0.6 is 0 Å². The van der Waals surface area contributed by atoms with E-state index in [2.05, 4.69) is 10.3 Å². The molecule has 0 saturated carbocycles. The van der Waals surface area contributed by atoms with E-state index in [1.54, 1.807) is 37.1 Å². The molecule has 7 nitrogen and oxygen atoms in total. The molecule has 4 rings (SSSR count). The van der Waals surface area contributed by atoms with Gasteiger partial charge in [0.15, 0.2) is 0 Å². The summed E-state index contributed by atoms with van der Waals surface area (Å²) in [6.45, 7) is 8.19. The highest BCUT2D eigenvalue weighted by Gasteiger charge is 2.30. The first-order valence-electron chi connectivity index (χ1n) is 12.1. The summed E-state index contributed by atoms with van der Waals surface area (Å²) in [7, 11) is 0. The number of aryl methyl sites for hydroxylation is 1. The van der Waals surface area contributed by atoms with Gasteiger partial charge in [0.25, 0.3) is 6.43 Å². The lowest BCUT2D eigenvalue weighted by Crippen LogP contribution is -2.56. The Morgan fingerprint density at radius 2 is 2.08 bits per heavy atom. The number of carbonyl (C=O) groups is 1. The van der Waals surface area contributed by atoms with Crippen LogP contribution in [0, 0.1) is 12.8 Å². The van der Waals surface area contributed by atoms with Crippen LogP contribution in [0.1, 0.15) is 32.9 Å². The topological polar surface area (TPSA) is 81.6 Å². The van der Waals surface area contributed by atoms with E-state index in [4.69, 9.17) is 4.98 Å². The number of hydrogen-bond acceptors (Lipinski definition) is 6. The van der Waals surface area contributed by atoms with E-state index in [-0.39, 0.29) is 36.5 Å². The van der Waals surface area contributed by atoms with E-state index >= 15 is 0 Å². The maximum Gasteiger partial charge on any atom is 0.263 e. The zero-order valence-electron chi connectivity index (χ0n) is 20.9. The summed E-state index contributed by atoms with van der Waals surface area (Å²) in [6.07, 6.45) is 0.516. The third-order valence-electron chi connectivity index (χ3n) is 6.96. The number of aliphatic hydroxyl groups excluding tert-OH is 1. The highest BCUT2D eigenvalue weighted by atomic mass is 19.3. The molecule has 1 amide bonds. The summed E-state index contributed by atoms with van der Waals surface area (Å²) < 4.78 is 41.8. The minimum absolute atomic E-state index is 0.00898. The van der Waals surface area contributed by atoms with Crippen molar-refractivity contribution in [2.45, 2.75) is 52.6 Å². The number of fused-ring (bicyclic) bond motifs is 1. The van der Waals surface area contributed by atoms with Gasteiger partial charge in [0.2, 0.25) is 5.91 Å². The second-order valence-electron chi connectivity index (χ2n) is 9.62. The fraction of sp³-hybridized carbons (Fsp3) is 0.500. The van der Waals surface area contributed by atoms with Crippen LogP contribution in [-0.4, -0.2) is 70.6 Å². The highest BCUT2D eigenvalue weighted by molar-refractivity contribution is 5.94. The van der Waals surface area contributed by atoms with Crippen molar-refractivity contribution in [1.29, 1.82) is 0 Å². The number of rotatable bonds is 6. The average Bonchev–Trinajstić information content (AvgIpc) is 2.84. The van der Waals surface area contributed by atoms with Gasteiger partial charge in [0, 0.05) is 55.0 Å². The number of aliphatic hydroxyl groups is 1. The number of hydrogen-bond donors (Lipinski definition) is 2. The monoisotopic (exact) mass is 503 g/mol. The second-order valence-corrected chi connectivity index (χ2v) is 9.62. The van der Waals surface area contributed by atoms with Gasteiger partial charge in [-0.15, -0.1) is 0 Å². The Morgan fingerprint density at radius 3 is 2.75 bits per heavy atom. The largest absolute Gasteiger partial charge is 0.394 e. The normalized spacial score (nSPS) is 21.8. The molecule has 2 aliphatic rings. The third kappa shape index (κ3) is 5.04. The molecule has 3 heterocycles. The Bertz CT molecular complexity index is 1220. The Hall–Kier alpha value is -3.14. The van der Waals surface area contributed by atoms with Gasteiger partial charge in [0.05, 0.1) is 29.9 Å². The zero-order valence-corrected chi connectivity index (χ0v) is 20.9. The van der Waals surface area contributed by atoms with Gasteiger partial charge in [-0.2, -0.15) is 0 Å². The molecular formula is C26H32F3N5O2. The van der Waals surface area contributed by atoms with Crippen LogP contribution in [0.25, 0.3) is 10.9 Å². The van der Waals surface area contributed by atoms with Crippen molar-refractivity contribution < 1.29 is 23.1 Å². The van der Waals surface area contributed by atoms with Crippen LogP contribution in [0.4, 0.5) is 24.7 Å². The molecule has 0 spiro atoms. The third-order valence-corrected chi connectivity index (χ3v) is 6.96. The summed E-state index contributed by atoms with van der Waals surface area (Å²) >= 11 is 0. The summed E-state index contributed by atoms with van der Waals surface area (Å²) in [5.41, 5.74) is 1.79. The van der Waals surface area contributed by atoms with Crippen molar-refractivity contribution in [3.63, 3.8) is 0 Å². The number of allylic oxidation sites excluding steroid dienone is 2. The summed E-state index contributed by atoms with van der Waals surface area (Å²) in [6, 6.07) is 2.76. The number of alkyl halides is 2. The van der Waals surface area contributed by atoms with E-state index in [1.807, 2.05) is 17.9 Å². The molecule has 2 N–H and O–H groups in total. The molecule has 0 aromatic carbocycles. The van der Waals surface area contributed by atoms with Crippen molar-refractivity contribution in [3.05, 3.63) is 47.1 Å². The standard InChI is InChI=1S/C26H32F3N5O2/c1-14-9-19(24(27)21(10-14)26(28)29)15(2)31-22-5-6-30-25-16(3)32-23(11-20(22)25)34-8-7-33(17(4)36)12-18(34)13-35/h5-6,9,11,14-15,18,26,35H,7-8,10,12-13H2,1-4H3,(H,30,31)/t14?,15-,18-/m1/s1. The van der Waals surface area contributed by atoms with Crippen LogP contribution in [-0.2, 0) is 4.79 Å². The van der Waals surface area contributed by atoms with Crippen molar-refractivity contribution in [2.75, 3.05) is 36.5 Å². The van der Waals surface area contributed by atoms with Gasteiger partial charge in [-0.1, -0.05) is 13.0 Å². The Balaban J connectivity index is 1.68. The Morgan fingerprint density at radius 1 is 1.33 bits per heavy atom. The van der Waals surface area contributed by atoms with Crippen molar-refractivity contribution in [2.24, 2.45) is 5.92 Å².